The molecule has 1 aliphatic heterocycles. The monoisotopic (exact) mass is 486 g/mol. The van der Waals surface area contributed by atoms with E-state index in [1.54, 1.807) is 0 Å². The second kappa shape index (κ2) is 11.1. The van der Waals surface area contributed by atoms with Crippen LogP contribution < -0.4 is 15.4 Å². The molecule has 3 rings (SSSR count). The number of halogens is 1. The van der Waals surface area contributed by atoms with Crippen LogP contribution in [0.4, 0.5) is 0 Å². The van der Waals surface area contributed by atoms with Crippen molar-refractivity contribution in [2.24, 2.45) is 10.9 Å². The molecular formula is C21H35IN4O. The summed E-state index contributed by atoms with van der Waals surface area (Å²) in [7, 11) is 1.84. The van der Waals surface area contributed by atoms with Crippen LogP contribution in [-0.2, 0) is 6.54 Å². The second-order valence-corrected chi connectivity index (χ2v) is 7.65. The summed E-state index contributed by atoms with van der Waals surface area (Å²) in [6.07, 6.45) is 5.13. The van der Waals surface area contributed by atoms with E-state index in [1.165, 1.54) is 43.5 Å². The molecular weight excluding hydrogens is 451 g/mol. The van der Waals surface area contributed by atoms with Gasteiger partial charge in [0.2, 0.25) is 0 Å². The quantitative estimate of drug-likeness (QED) is 0.335. The maximum Gasteiger partial charge on any atom is 0.191 e. The molecule has 27 heavy (non-hydrogen) atoms. The fourth-order valence-corrected chi connectivity index (χ4v) is 3.60. The van der Waals surface area contributed by atoms with E-state index in [1.807, 2.05) is 7.05 Å². The SMILES string of the molecule is CCCOc1cc(C)ccc1CNC(=NC)NCC1CCN(C2CC2)C1.I. The first-order valence-electron chi connectivity index (χ1n) is 10.1. The highest BCUT2D eigenvalue weighted by Crippen LogP contribution is 2.31. The van der Waals surface area contributed by atoms with Gasteiger partial charge in [-0.2, -0.15) is 0 Å². The van der Waals surface area contributed by atoms with E-state index in [2.05, 4.69) is 52.6 Å². The topological polar surface area (TPSA) is 48.9 Å². The average molecular weight is 486 g/mol. The number of aliphatic imine (C=N–C) groups is 1. The lowest BCUT2D eigenvalue weighted by molar-refractivity contribution is 0.313. The lowest BCUT2D eigenvalue weighted by Gasteiger charge is -2.18. The van der Waals surface area contributed by atoms with Gasteiger partial charge in [-0.3, -0.25) is 4.99 Å². The van der Waals surface area contributed by atoms with Gasteiger partial charge in [0.1, 0.15) is 5.75 Å². The standard InChI is InChI=1S/C21H34N4O.HI/c1-4-11-26-20-12-16(2)5-6-18(20)14-24-21(22-3)23-13-17-9-10-25(15-17)19-7-8-19;/h5-6,12,17,19H,4,7-11,13-15H2,1-3H3,(H2,22,23,24);1H. The van der Waals surface area contributed by atoms with Crippen molar-refractivity contribution < 1.29 is 4.74 Å². The van der Waals surface area contributed by atoms with Crippen LogP contribution in [0.3, 0.4) is 0 Å². The van der Waals surface area contributed by atoms with E-state index >= 15 is 0 Å². The number of hydrogen-bond acceptors (Lipinski definition) is 3. The van der Waals surface area contributed by atoms with Crippen molar-refractivity contribution >= 4 is 29.9 Å². The Morgan fingerprint density at radius 1 is 1.26 bits per heavy atom. The molecule has 152 valence electrons. The van der Waals surface area contributed by atoms with E-state index in [-0.39, 0.29) is 24.0 Å². The smallest absolute Gasteiger partial charge is 0.191 e. The molecule has 0 amide bonds. The van der Waals surface area contributed by atoms with Crippen molar-refractivity contribution in [3.63, 3.8) is 0 Å². The predicted molar refractivity (Wildman–Crippen MR) is 123 cm³/mol. The lowest BCUT2D eigenvalue weighted by atomic mass is 10.1. The minimum Gasteiger partial charge on any atom is -0.493 e. The van der Waals surface area contributed by atoms with Crippen molar-refractivity contribution in [2.45, 2.75) is 52.1 Å². The van der Waals surface area contributed by atoms with E-state index in [4.69, 9.17) is 4.74 Å². The second-order valence-electron chi connectivity index (χ2n) is 7.65. The Labute approximate surface area is 181 Å². The van der Waals surface area contributed by atoms with Gasteiger partial charge in [-0.05, 0) is 56.7 Å². The minimum absolute atomic E-state index is 0. The summed E-state index contributed by atoms with van der Waals surface area (Å²) in [4.78, 5) is 7.04. The van der Waals surface area contributed by atoms with Crippen LogP contribution in [0.25, 0.3) is 0 Å². The molecule has 0 aromatic heterocycles. The van der Waals surface area contributed by atoms with Gasteiger partial charge in [0.15, 0.2) is 5.96 Å². The van der Waals surface area contributed by atoms with Crippen molar-refractivity contribution in [1.29, 1.82) is 0 Å². The van der Waals surface area contributed by atoms with Crippen molar-refractivity contribution in [3.05, 3.63) is 29.3 Å². The number of hydrogen-bond donors (Lipinski definition) is 2. The van der Waals surface area contributed by atoms with Crippen LogP contribution in [0.5, 0.6) is 5.75 Å². The zero-order chi connectivity index (χ0) is 18.4. The zero-order valence-electron chi connectivity index (χ0n) is 17.0. The molecule has 1 aromatic carbocycles. The lowest BCUT2D eigenvalue weighted by Crippen LogP contribution is -2.40. The van der Waals surface area contributed by atoms with Gasteiger partial charge in [-0.25, -0.2) is 0 Å². The fraction of sp³-hybridized carbons (Fsp3) is 0.667. The molecule has 1 unspecified atom stereocenters. The first kappa shape index (κ1) is 22.3. The van der Waals surface area contributed by atoms with Crippen LogP contribution in [0.15, 0.2) is 23.2 Å². The van der Waals surface area contributed by atoms with Crippen molar-refractivity contribution in [3.8, 4) is 5.75 Å². The van der Waals surface area contributed by atoms with E-state index in [0.717, 1.165) is 49.8 Å². The predicted octanol–water partition coefficient (Wildman–Crippen LogP) is 3.55. The van der Waals surface area contributed by atoms with Gasteiger partial charge >= 0.3 is 0 Å². The summed E-state index contributed by atoms with van der Waals surface area (Å²) in [5.74, 6) is 2.58. The molecule has 1 atom stereocenters. The molecule has 6 heteroatoms. The van der Waals surface area contributed by atoms with Gasteiger partial charge in [-0.15, -0.1) is 24.0 Å². The minimum atomic E-state index is 0. The van der Waals surface area contributed by atoms with Gasteiger partial charge in [-0.1, -0.05) is 19.1 Å². The van der Waals surface area contributed by atoms with E-state index in [9.17, 15) is 0 Å². The highest BCUT2D eigenvalue weighted by atomic mass is 127. The number of aryl methyl sites for hydroxylation is 1. The summed E-state index contributed by atoms with van der Waals surface area (Å²) in [6, 6.07) is 7.29. The Morgan fingerprint density at radius 3 is 2.78 bits per heavy atom. The third-order valence-electron chi connectivity index (χ3n) is 5.29. The molecule has 0 radical (unpaired) electrons. The number of likely N-dealkylation sites (tertiary alicyclic amines) is 1. The van der Waals surface area contributed by atoms with E-state index < -0.39 is 0 Å². The first-order chi connectivity index (χ1) is 12.7. The summed E-state index contributed by atoms with van der Waals surface area (Å²) in [5, 5.41) is 6.94. The van der Waals surface area contributed by atoms with Crippen molar-refractivity contribution in [1.82, 2.24) is 15.5 Å². The normalized spacial score (nSPS) is 20.3. The Hall–Kier alpha value is -1.02. The molecule has 0 bridgehead atoms. The maximum atomic E-state index is 5.91. The molecule has 1 aromatic rings. The largest absolute Gasteiger partial charge is 0.493 e. The fourth-order valence-electron chi connectivity index (χ4n) is 3.60. The molecule has 0 spiro atoms. The van der Waals surface area contributed by atoms with Gasteiger partial charge < -0.3 is 20.3 Å². The molecule has 2 aliphatic rings. The highest BCUT2D eigenvalue weighted by molar-refractivity contribution is 14.0. The maximum absolute atomic E-state index is 5.91. The van der Waals surface area contributed by atoms with Crippen LogP contribution >= 0.6 is 24.0 Å². The van der Waals surface area contributed by atoms with Crippen LogP contribution in [0.2, 0.25) is 0 Å². The highest BCUT2D eigenvalue weighted by Gasteiger charge is 2.34. The van der Waals surface area contributed by atoms with Gasteiger partial charge in [0, 0.05) is 38.3 Å². The van der Waals surface area contributed by atoms with Crippen molar-refractivity contribution in [2.75, 3.05) is 33.3 Å². The Bertz CT molecular complexity index is 618. The Kier molecular flexibility index (Phi) is 9.15. The molecule has 2 N–H and O–H groups in total. The Balaban J connectivity index is 0.00000261. The first-order valence-corrected chi connectivity index (χ1v) is 10.1. The Morgan fingerprint density at radius 2 is 2.07 bits per heavy atom. The molecule has 1 heterocycles. The molecule has 5 nitrogen and oxygen atoms in total. The third-order valence-corrected chi connectivity index (χ3v) is 5.29. The molecule has 1 aliphatic carbocycles. The van der Waals surface area contributed by atoms with Crippen LogP contribution in [0.1, 0.15) is 43.7 Å². The molecule has 2 fully saturated rings. The number of rotatable bonds is 8. The number of benzene rings is 1. The van der Waals surface area contributed by atoms with Crippen LogP contribution in [0, 0.1) is 12.8 Å². The molecule has 1 saturated heterocycles. The summed E-state index contributed by atoms with van der Waals surface area (Å²) >= 11 is 0. The summed E-state index contributed by atoms with van der Waals surface area (Å²) < 4.78 is 5.91. The number of guanidine groups is 1. The van der Waals surface area contributed by atoms with E-state index in [0.29, 0.717) is 0 Å². The zero-order valence-corrected chi connectivity index (χ0v) is 19.3. The number of nitrogens with one attached hydrogen (secondary N) is 2. The average Bonchev–Trinajstić information content (AvgIpc) is 3.40. The number of ether oxygens (including phenoxy) is 1. The summed E-state index contributed by atoms with van der Waals surface area (Å²) in [5.41, 5.74) is 2.40. The third kappa shape index (κ3) is 6.82. The molecule has 1 saturated carbocycles. The van der Waals surface area contributed by atoms with Gasteiger partial charge in [0.05, 0.1) is 6.61 Å². The van der Waals surface area contributed by atoms with Gasteiger partial charge in [0.25, 0.3) is 0 Å². The number of nitrogens with zero attached hydrogens (tertiary/aromatic N) is 2. The summed E-state index contributed by atoms with van der Waals surface area (Å²) in [6.45, 7) is 9.21. The van der Waals surface area contributed by atoms with Crippen LogP contribution in [-0.4, -0.2) is 50.2 Å².